The number of Topliss-reactive ketones (excluding diaryl/α,β-unsaturated/α-hetero) is 1. The summed E-state index contributed by atoms with van der Waals surface area (Å²) in [6.45, 7) is 3.75. The molecule has 18 heavy (non-hydrogen) atoms. The molecule has 1 aliphatic rings. The molecule has 0 spiro atoms. The van der Waals surface area contributed by atoms with Crippen LogP contribution < -0.4 is 9.47 Å². The van der Waals surface area contributed by atoms with Crippen molar-refractivity contribution in [3.63, 3.8) is 0 Å². The molecule has 1 aromatic carbocycles. The quantitative estimate of drug-likeness (QED) is 0.767. The van der Waals surface area contributed by atoms with Crippen molar-refractivity contribution in [2.24, 2.45) is 0 Å². The molecular weight excluding hydrogens is 228 g/mol. The molecular formula is C15H16O3. The van der Waals surface area contributed by atoms with Crippen molar-refractivity contribution < 1.29 is 14.3 Å². The maximum atomic E-state index is 11.8. The van der Waals surface area contributed by atoms with Crippen LogP contribution in [-0.2, 0) is 4.79 Å². The molecule has 0 atom stereocenters. The van der Waals surface area contributed by atoms with Gasteiger partial charge in [-0.05, 0) is 42.2 Å². The third kappa shape index (κ3) is 2.45. The second-order valence-electron chi connectivity index (χ2n) is 4.25. The van der Waals surface area contributed by atoms with Crippen molar-refractivity contribution >= 4 is 11.9 Å². The monoisotopic (exact) mass is 244 g/mol. The Morgan fingerprint density at radius 2 is 1.72 bits per heavy atom. The first-order valence-corrected chi connectivity index (χ1v) is 5.80. The molecule has 1 aliphatic carbocycles. The summed E-state index contributed by atoms with van der Waals surface area (Å²) in [6, 6.07) is 5.56. The van der Waals surface area contributed by atoms with Gasteiger partial charge in [0.2, 0.25) is 0 Å². The minimum atomic E-state index is 0.0665. The highest BCUT2D eigenvalue weighted by Crippen LogP contribution is 2.29. The van der Waals surface area contributed by atoms with Gasteiger partial charge in [0.1, 0.15) is 11.5 Å². The second-order valence-corrected chi connectivity index (χ2v) is 4.25. The molecule has 0 amide bonds. The van der Waals surface area contributed by atoms with Gasteiger partial charge in [-0.3, -0.25) is 4.79 Å². The van der Waals surface area contributed by atoms with Crippen molar-refractivity contribution in [2.45, 2.75) is 12.8 Å². The lowest BCUT2D eigenvalue weighted by Crippen LogP contribution is -1.94. The van der Waals surface area contributed by atoms with E-state index in [1.807, 2.05) is 18.2 Å². The van der Waals surface area contributed by atoms with E-state index in [1.165, 1.54) is 0 Å². The van der Waals surface area contributed by atoms with E-state index in [0.29, 0.717) is 17.1 Å². The zero-order chi connectivity index (χ0) is 13.1. The number of benzene rings is 1. The highest BCUT2D eigenvalue weighted by atomic mass is 16.5. The number of hydrogen-bond acceptors (Lipinski definition) is 3. The van der Waals surface area contributed by atoms with E-state index in [0.717, 1.165) is 24.0 Å². The molecule has 0 unspecified atom stereocenters. The maximum Gasteiger partial charge on any atom is 0.184 e. The van der Waals surface area contributed by atoms with Gasteiger partial charge < -0.3 is 9.47 Å². The van der Waals surface area contributed by atoms with E-state index < -0.39 is 0 Å². The molecule has 0 saturated heterocycles. The van der Waals surface area contributed by atoms with Crippen molar-refractivity contribution in [1.29, 1.82) is 0 Å². The number of carbonyl (C=O) groups is 1. The number of allylic oxidation sites excluding steroid dienone is 2. The summed E-state index contributed by atoms with van der Waals surface area (Å²) in [5.41, 5.74) is 2.40. The third-order valence-electron chi connectivity index (χ3n) is 3.02. The van der Waals surface area contributed by atoms with E-state index in [2.05, 4.69) is 6.58 Å². The van der Waals surface area contributed by atoms with E-state index in [-0.39, 0.29) is 5.78 Å². The largest absolute Gasteiger partial charge is 0.497 e. The topological polar surface area (TPSA) is 35.5 Å². The van der Waals surface area contributed by atoms with Gasteiger partial charge in [-0.15, -0.1) is 0 Å². The molecule has 3 heteroatoms. The van der Waals surface area contributed by atoms with Crippen LogP contribution >= 0.6 is 0 Å². The number of rotatable bonds is 3. The second kappa shape index (κ2) is 5.08. The average molecular weight is 244 g/mol. The number of ether oxygens (including phenoxy) is 2. The minimum absolute atomic E-state index is 0.0665. The smallest absolute Gasteiger partial charge is 0.184 e. The van der Waals surface area contributed by atoms with Crippen LogP contribution in [0.4, 0.5) is 0 Å². The SMILES string of the molecule is C=C1CCC(=Cc2cc(OC)cc(OC)c2)C1=O. The highest BCUT2D eigenvalue weighted by Gasteiger charge is 2.20. The summed E-state index contributed by atoms with van der Waals surface area (Å²) in [7, 11) is 3.21. The lowest BCUT2D eigenvalue weighted by molar-refractivity contribution is -0.111. The van der Waals surface area contributed by atoms with Crippen LogP contribution in [0.5, 0.6) is 11.5 Å². The third-order valence-corrected chi connectivity index (χ3v) is 3.02. The lowest BCUT2D eigenvalue weighted by atomic mass is 10.1. The maximum absolute atomic E-state index is 11.8. The first kappa shape index (κ1) is 12.4. The summed E-state index contributed by atoms with van der Waals surface area (Å²) in [5.74, 6) is 1.49. The van der Waals surface area contributed by atoms with Gasteiger partial charge in [-0.1, -0.05) is 6.58 Å². The zero-order valence-electron chi connectivity index (χ0n) is 10.7. The normalized spacial score (nSPS) is 17.3. The van der Waals surface area contributed by atoms with Gasteiger partial charge in [0.05, 0.1) is 14.2 Å². The summed E-state index contributed by atoms with van der Waals surface area (Å²) in [5, 5.41) is 0. The van der Waals surface area contributed by atoms with Gasteiger partial charge in [0.25, 0.3) is 0 Å². The molecule has 0 aliphatic heterocycles. The van der Waals surface area contributed by atoms with Crippen LogP contribution in [0, 0.1) is 0 Å². The molecule has 2 rings (SSSR count). The highest BCUT2D eigenvalue weighted by molar-refractivity contribution is 6.12. The lowest BCUT2D eigenvalue weighted by Gasteiger charge is -2.06. The molecule has 0 aromatic heterocycles. The average Bonchev–Trinajstić information content (AvgIpc) is 2.70. The molecule has 1 saturated carbocycles. The Balaban J connectivity index is 2.36. The van der Waals surface area contributed by atoms with Gasteiger partial charge in [-0.25, -0.2) is 0 Å². The minimum Gasteiger partial charge on any atom is -0.497 e. The van der Waals surface area contributed by atoms with E-state index in [9.17, 15) is 4.79 Å². The number of ketones is 1. The fourth-order valence-corrected chi connectivity index (χ4v) is 1.99. The van der Waals surface area contributed by atoms with Crippen molar-refractivity contribution in [3.8, 4) is 11.5 Å². The van der Waals surface area contributed by atoms with Crippen LogP contribution in [0.25, 0.3) is 6.08 Å². The Morgan fingerprint density at radius 1 is 1.11 bits per heavy atom. The van der Waals surface area contributed by atoms with Gasteiger partial charge in [0.15, 0.2) is 5.78 Å². The Labute approximate surface area is 107 Å². The Morgan fingerprint density at radius 3 is 2.17 bits per heavy atom. The van der Waals surface area contributed by atoms with Crippen molar-refractivity contribution in [2.75, 3.05) is 14.2 Å². The summed E-state index contributed by atoms with van der Waals surface area (Å²) >= 11 is 0. The first-order chi connectivity index (χ1) is 8.63. The van der Waals surface area contributed by atoms with Crippen LogP contribution in [0.2, 0.25) is 0 Å². The van der Waals surface area contributed by atoms with E-state index in [4.69, 9.17) is 9.47 Å². The Kier molecular flexibility index (Phi) is 3.51. The number of hydrogen-bond donors (Lipinski definition) is 0. The number of carbonyl (C=O) groups excluding carboxylic acids is 1. The molecule has 0 radical (unpaired) electrons. The standard InChI is InChI=1S/C15H16O3/c1-10-4-5-12(15(10)16)6-11-7-13(17-2)9-14(8-11)18-3/h6-9H,1,4-5H2,2-3H3. The molecule has 94 valence electrons. The summed E-state index contributed by atoms with van der Waals surface area (Å²) in [4.78, 5) is 11.8. The molecule has 0 N–H and O–H groups in total. The predicted octanol–water partition coefficient (Wildman–Crippen LogP) is 3.01. The van der Waals surface area contributed by atoms with Gasteiger partial charge >= 0.3 is 0 Å². The van der Waals surface area contributed by atoms with E-state index >= 15 is 0 Å². The summed E-state index contributed by atoms with van der Waals surface area (Å²) < 4.78 is 10.4. The van der Waals surface area contributed by atoms with Crippen LogP contribution in [0.15, 0.2) is 35.9 Å². The fourth-order valence-electron chi connectivity index (χ4n) is 1.99. The molecule has 1 aromatic rings. The fraction of sp³-hybridized carbons (Fsp3) is 0.267. The first-order valence-electron chi connectivity index (χ1n) is 5.80. The Hall–Kier alpha value is -2.03. The molecule has 3 nitrogen and oxygen atoms in total. The van der Waals surface area contributed by atoms with Crippen LogP contribution in [0.1, 0.15) is 18.4 Å². The zero-order valence-corrected chi connectivity index (χ0v) is 10.7. The predicted molar refractivity (Wildman–Crippen MR) is 70.9 cm³/mol. The molecule has 0 bridgehead atoms. The Bertz CT molecular complexity index is 504. The number of methoxy groups -OCH3 is 2. The van der Waals surface area contributed by atoms with Crippen LogP contribution in [0.3, 0.4) is 0 Å². The molecule has 1 fully saturated rings. The van der Waals surface area contributed by atoms with Gasteiger partial charge in [-0.2, -0.15) is 0 Å². The van der Waals surface area contributed by atoms with Crippen molar-refractivity contribution in [1.82, 2.24) is 0 Å². The van der Waals surface area contributed by atoms with Gasteiger partial charge in [0, 0.05) is 11.6 Å². The summed E-state index contributed by atoms with van der Waals surface area (Å²) in [6.07, 6.45) is 3.40. The molecule has 0 heterocycles. The van der Waals surface area contributed by atoms with Crippen molar-refractivity contribution in [3.05, 3.63) is 41.5 Å². The van der Waals surface area contributed by atoms with E-state index in [1.54, 1.807) is 20.3 Å². The van der Waals surface area contributed by atoms with Crippen LogP contribution in [-0.4, -0.2) is 20.0 Å².